The van der Waals surface area contributed by atoms with Gasteiger partial charge in [-0.25, -0.2) is 14.8 Å². The number of nitrogens with one attached hydrogen (secondary N) is 2. The summed E-state index contributed by atoms with van der Waals surface area (Å²) in [6.07, 6.45) is 4.91. The fraction of sp³-hybridized carbons (Fsp3) is 0.333. The number of carbonyl (C=O) groups excluding carboxylic acids is 2. The first-order valence-corrected chi connectivity index (χ1v) is 17.3. The Morgan fingerprint density at radius 1 is 0.982 bits per heavy atom. The second-order valence-corrected chi connectivity index (χ2v) is 12.2. The first-order valence-electron chi connectivity index (χ1n) is 17.3. The fourth-order valence-corrected chi connectivity index (χ4v) is 5.92. The number of fused-ring (bicyclic) bond motifs is 3. The molecule has 0 bridgehead atoms. The molecule has 290 valence electrons. The van der Waals surface area contributed by atoms with E-state index < -0.39 is 28.5 Å². The maximum Gasteiger partial charge on any atom is 0.404 e. The van der Waals surface area contributed by atoms with Crippen LogP contribution in [0.3, 0.4) is 0 Å². The molecule has 0 saturated heterocycles. The molecule has 5 aromatic rings. The van der Waals surface area contributed by atoms with Gasteiger partial charge in [0.15, 0.2) is 11.5 Å². The van der Waals surface area contributed by atoms with Gasteiger partial charge in [0.1, 0.15) is 22.8 Å². The number of rotatable bonds is 20. The second-order valence-electron chi connectivity index (χ2n) is 12.2. The van der Waals surface area contributed by atoms with Crippen LogP contribution < -0.4 is 31.6 Å². The van der Waals surface area contributed by atoms with Crippen molar-refractivity contribution in [3.05, 3.63) is 75.6 Å². The molecule has 0 aliphatic rings. The SMILES string of the molecule is CCn1nc(C)cc1-c1ncc2c3cc(C(N)=O)cc(OCCCOC)c3n(CC=CCNc3c(OCCCNC(=O)O)cc(C(N)=O)cc3[N+](=O)[O-])c2n1. The van der Waals surface area contributed by atoms with Gasteiger partial charge in [-0.3, -0.25) is 24.4 Å². The van der Waals surface area contributed by atoms with Crippen LogP contribution in [0.5, 0.6) is 11.5 Å². The van der Waals surface area contributed by atoms with Crippen molar-refractivity contribution in [2.45, 2.75) is 39.8 Å². The van der Waals surface area contributed by atoms with E-state index in [4.69, 9.17) is 35.8 Å². The molecule has 7 N–H and O–H groups in total. The molecule has 19 nitrogen and oxygen atoms in total. The summed E-state index contributed by atoms with van der Waals surface area (Å²) in [5.74, 6) is -0.660. The average Bonchev–Trinajstić information content (AvgIpc) is 3.69. The zero-order valence-electron chi connectivity index (χ0n) is 30.5. The smallest absolute Gasteiger partial charge is 0.404 e. The summed E-state index contributed by atoms with van der Waals surface area (Å²) in [5.41, 5.74) is 13.6. The summed E-state index contributed by atoms with van der Waals surface area (Å²) in [4.78, 5) is 56.2. The van der Waals surface area contributed by atoms with E-state index in [-0.39, 0.29) is 55.2 Å². The van der Waals surface area contributed by atoms with Gasteiger partial charge in [0.25, 0.3) is 5.69 Å². The van der Waals surface area contributed by atoms with Crippen LogP contribution in [0.2, 0.25) is 0 Å². The monoisotopic (exact) mass is 758 g/mol. The molecule has 0 saturated carbocycles. The Morgan fingerprint density at radius 3 is 2.38 bits per heavy atom. The van der Waals surface area contributed by atoms with Crippen molar-refractivity contribution >= 4 is 51.2 Å². The highest BCUT2D eigenvalue weighted by Gasteiger charge is 2.24. The predicted octanol–water partition coefficient (Wildman–Crippen LogP) is 4.00. The van der Waals surface area contributed by atoms with Gasteiger partial charge in [-0.2, -0.15) is 5.10 Å². The van der Waals surface area contributed by atoms with Crippen LogP contribution in [0.25, 0.3) is 33.5 Å². The minimum atomic E-state index is -1.20. The first kappa shape index (κ1) is 39.4. The molecule has 0 aliphatic carbocycles. The molecule has 0 aliphatic heterocycles. The zero-order chi connectivity index (χ0) is 39.6. The molecule has 5 rings (SSSR count). The Labute approximate surface area is 314 Å². The lowest BCUT2D eigenvalue weighted by Gasteiger charge is -2.14. The minimum absolute atomic E-state index is 0.000396. The van der Waals surface area contributed by atoms with Gasteiger partial charge in [-0.05, 0) is 44.5 Å². The van der Waals surface area contributed by atoms with E-state index in [1.807, 2.05) is 35.2 Å². The van der Waals surface area contributed by atoms with Crippen LogP contribution in [0.15, 0.2) is 48.7 Å². The van der Waals surface area contributed by atoms with E-state index in [1.54, 1.807) is 31.5 Å². The highest BCUT2D eigenvalue weighted by Crippen LogP contribution is 2.38. The van der Waals surface area contributed by atoms with E-state index in [0.29, 0.717) is 59.7 Å². The summed E-state index contributed by atoms with van der Waals surface area (Å²) in [5, 5.41) is 32.0. The molecule has 0 radical (unpaired) electrons. The molecule has 0 spiro atoms. The molecule has 3 heterocycles. The number of nitro groups is 1. The van der Waals surface area contributed by atoms with Crippen LogP contribution in [0.1, 0.15) is 46.2 Å². The molecule has 19 heteroatoms. The minimum Gasteiger partial charge on any atom is -0.491 e. The van der Waals surface area contributed by atoms with Crippen LogP contribution in [0, 0.1) is 17.0 Å². The predicted molar refractivity (Wildman–Crippen MR) is 203 cm³/mol. The van der Waals surface area contributed by atoms with Crippen molar-refractivity contribution in [3.8, 4) is 23.0 Å². The molecular weight excluding hydrogens is 716 g/mol. The van der Waals surface area contributed by atoms with Crippen LogP contribution in [-0.2, 0) is 17.8 Å². The van der Waals surface area contributed by atoms with Gasteiger partial charge >= 0.3 is 6.09 Å². The van der Waals surface area contributed by atoms with Crippen molar-refractivity contribution in [3.63, 3.8) is 0 Å². The van der Waals surface area contributed by atoms with Gasteiger partial charge < -0.3 is 46.0 Å². The van der Waals surface area contributed by atoms with Crippen LogP contribution in [-0.4, -0.2) is 92.3 Å². The number of hydrogen-bond acceptors (Lipinski definition) is 12. The summed E-state index contributed by atoms with van der Waals surface area (Å²) < 4.78 is 20.9. The molecular formula is C36H42N10O9. The topological polar surface area (TPSA) is 267 Å². The molecule has 0 atom stereocenters. The van der Waals surface area contributed by atoms with Gasteiger partial charge in [0.05, 0.1) is 29.3 Å². The fourth-order valence-electron chi connectivity index (χ4n) is 5.92. The average molecular weight is 759 g/mol. The largest absolute Gasteiger partial charge is 0.491 e. The number of aryl methyl sites for hydroxylation is 2. The number of benzene rings is 2. The zero-order valence-corrected chi connectivity index (χ0v) is 30.5. The van der Waals surface area contributed by atoms with E-state index in [1.165, 1.54) is 6.07 Å². The van der Waals surface area contributed by atoms with Crippen molar-refractivity contribution in [1.82, 2.24) is 29.6 Å². The Morgan fingerprint density at radius 2 is 1.69 bits per heavy atom. The third-order valence-corrected chi connectivity index (χ3v) is 8.39. The van der Waals surface area contributed by atoms with Crippen molar-refractivity contribution in [2.75, 3.05) is 45.3 Å². The highest BCUT2D eigenvalue weighted by molar-refractivity contribution is 6.11. The van der Waals surface area contributed by atoms with Crippen LogP contribution in [0.4, 0.5) is 16.2 Å². The van der Waals surface area contributed by atoms with Crippen molar-refractivity contribution in [2.24, 2.45) is 11.5 Å². The number of hydrogen-bond donors (Lipinski definition) is 5. The number of amides is 3. The van der Waals surface area contributed by atoms with E-state index in [2.05, 4.69) is 20.7 Å². The molecule has 0 unspecified atom stereocenters. The van der Waals surface area contributed by atoms with E-state index in [9.17, 15) is 24.5 Å². The lowest BCUT2D eigenvalue weighted by Crippen LogP contribution is -2.23. The number of carboxylic acid groups (broad SMARTS) is 1. The van der Waals surface area contributed by atoms with Crippen molar-refractivity contribution < 1.29 is 38.6 Å². The Balaban J connectivity index is 1.52. The Kier molecular flexibility index (Phi) is 12.8. The van der Waals surface area contributed by atoms with Crippen LogP contribution >= 0.6 is 0 Å². The summed E-state index contributed by atoms with van der Waals surface area (Å²) in [6, 6.07) is 7.53. The summed E-state index contributed by atoms with van der Waals surface area (Å²) >= 11 is 0. The maximum atomic E-state index is 12.4. The summed E-state index contributed by atoms with van der Waals surface area (Å²) in [7, 11) is 1.60. The molecule has 0 fully saturated rings. The van der Waals surface area contributed by atoms with Crippen molar-refractivity contribution in [1.29, 1.82) is 0 Å². The number of nitrogens with two attached hydrogens (primary N) is 2. The Bertz CT molecular complexity index is 2260. The second kappa shape index (κ2) is 17.8. The Hall–Kier alpha value is -6.76. The third-order valence-electron chi connectivity index (χ3n) is 8.39. The number of nitrogens with zero attached hydrogens (tertiary/aromatic N) is 6. The van der Waals surface area contributed by atoms with E-state index in [0.717, 1.165) is 17.5 Å². The standard InChI is InChI=1S/C36H42N10O9/c1-4-45-27(15-21(2)43-45)34-41-20-25-24-16-22(32(37)47)19-29(55-14-8-12-53-3)31(24)44(35(25)42-34)11-6-5-9-39-30-26(46(51)52)17-23(33(38)48)18-28(30)54-13-7-10-40-36(49)50/h5-6,15-20,39-40H,4,7-14H2,1-3H3,(H2,37,47)(H2,38,48)(H,49,50). The number of nitro benzene ring substituents is 1. The molecule has 55 heavy (non-hydrogen) atoms. The quantitative estimate of drug-likeness (QED) is 0.0326. The number of allylic oxidation sites excluding steroid dienone is 1. The lowest BCUT2D eigenvalue weighted by molar-refractivity contribution is -0.384. The normalized spacial score (nSPS) is 11.3. The molecule has 3 amide bonds. The summed E-state index contributed by atoms with van der Waals surface area (Å²) in [6.45, 7) is 5.64. The van der Waals surface area contributed by atoms with E-state index >= 15 is 0 Å². The van der Waals surface area contributed by atoms with Gasteiger partial charge in [0.2, 0.25) is 11.8 Å². The molecule has 2 aromatic carbocycles. The van der Waals surface area contributed by atoms with Gasteiger partial charge in [-0.15, -0.1) is 0 Å². The number of primary amides is 2. The number of anilines is 1. The third kappa shape index (κ3) is 9.25. The number of methoxy groups -OCH3 is 1. The maximum absolute atomic E-state index is 12.4. The number of carbonyl (C=O) groups is 3. The number of aromatic nitrogens is 5. The van der Waals surface area contributed by atoms with Gasteiger partial charge in [0, 0.05) is 80.5 Å². The number of ether oxygens (including phenoxy) is 3. The first-order chi connectivity index (χ1) is 26.4. The molecule has 3 aromatic heterocycles. The lowest BCUT2D eigenvalue weighted by atomic mass is 10.1. The highest BCUT2D eigenvalue weighted by atomic mass is 16.6. The van der Waals surface area contributed by atoms with Gasteiger partial charge in [-0.1, -0.05) is 12.2 Å².